The lowest BCUT2D eigenvalue weighted by Gasteiger charge is -2.14. The molecule has 0 aromatic heterocycles. The summed E-state index contributed by atoms with van der Waals surface area (Å²) in [6.07, 6.45) is -0.0260. The fraction of sp³-hybridized carbons (Fsp3) is 0.250. The smallest absolute Gasteiger partial charge is 0.142 e. The summed E-state index contributed by atoms with van der Waals surface area (Å²) in [6, 6.07) is 11.5. The van der Waals surface area contributed by atoms with Crippen LogP contribution < -0.4 is 4.74 Å². The van der Waals surface area contributed by atoms with E-state index in [0.717, 1.165) is 12.2 Å². The van der Waals surface area contributed by atoms with Crippen molar-refractivity contribution in [3.05, 3.63) is 64.4 Å². The fourth-order valence-corrected chi connectivity index (χ4v) is 2.11. The van der Waals surface area contributed by atoms with Crippen LogP contribution in [0.1, 0.15) is 30.6 Å². The molecule has 0 saturated heterocycles. The van der Waals surface area contributed by atoms with E-state index in [9.17, 15) is 9.50 Å². The van der Waals surface area contributed by atoms with Crippen molar-refractivity contribution in [2.45, 2.75) is 19.4 Å². The van der Waals surface area contributed by atoms with E-state index in [0.29, 0.717) is 17.7 Å². The molecule has 1 N–H and O–H groups in total. The molecule has 4 heteroatoms. The van der Waals surface area contributed by atoms with Crippen LogP contribution in [0.5, 0.6) is 5.75 Å². The Morgan fingerprint density at radius 3 is 2.55 bits per heavy atom. The molecule has 0 saturated carbocycles. The monoisotopic (exact) mass is 294 g/mol. The van der Waals surface area contributed by atoms with Crippen LogP contribution in [0.3, 0.4) is 0 Å². The van der Waals surface area contributed by atoms with Gasteiger partial charge >= 0.3 is 0 Å². The average Bonchev–Trinajstić information content (AvgIpc) is 2.48. The molecule has 2 aromatic carbocycles. The molecule has 0 aliphatic heterocycles. The summed E-state index contributed by atoms with van der Waals surface area (Å²) in [5, 5.41) is 10.2. The predicted molar refractivity (Wildman–Crippen MR) is 77.7 cm³/mol. The van der Waals surface area contributed by atoms with Crippen LogP contribution in [0.2, 0.25) is 5.02 Å². The summed E-state index contributed by atoms with van der Waals surface area (Å²) < 4.78 is 18.9. The molecule has 0 radical (unpaired) electrons. The molecule has 0 spiro atoms. The minimum atomic E-state index is -0.960. The topological polar surface area (TPSA) is 29.5 Å². The Bertz CT molecular complexity index is 569. The third kappa shape index (κ3) is 3.30. The third-order valence-corrected chi connectivity index (χ3v) is 3.34. The lowest BCUT2D eigenvalue weighted by atomic mass is 10.0. The van der Waals surface area contributed by atoms with Gasteiger partial charge in [0, 0.05) is 5.56 Å². The van der Waals surface area contributed by atoms with Crippen molar-refractivity contribution >= 4 is 11.6 Å². The Labute approximate surface area is 122 Å². The van der Waals surface area contributed by atoms with Gasteiger partial charge in [0.1, 0.15) is 17.7 Å². The normalized spacial score (nSPS) is 12.2. The molecule has 106 valence electrons. The van der Waals surface area contributed by atoms with E-state index in [1.54, 1.807) is 30.3 Å². The molecule has 0 aliphatic rings. The number of hydrogen-bond acceptors (Lipinski definition) is 2. The van der Waals surface area contributed by atoms with E-state index in [-0.39, 0.29) is 5.02 Å². The number of hydrogen-bond donors (Lipinski definition) is 1. The maximum absolute atomic E-state index is 13.4. The molecule has 0 amide bonds. The van der Waals surface area contributed by atoms with Crippen molar-refractivity contribution in [1.29, 1.82) is 0 Å². The van der Waals surface area contributed by atoms with Crippen molar-refractivity contribution in [3.8, 4) is 5.75 Å². The van der Waals surface area contributed by atoms with Gasteiger partial charge in [-0.25, -0.2) is 4.39 Å². The zero-order valence-electron chi connectivity index (χ0n) is 11.1. The Balaban J connectivity index is 2.20. The minimum Gasteiger partial charge on any atom is -0.494 e. The number of halogens is 2. The van der Waals surface area contributed by atoms with E-state index in [4.69, 9.17) is 16.3 Å². The molecule has 0 aliphatic carbocycles. The van der Waals surface area contributed by atoms with Gasteiger partial charge in [-0.05, 0) is 30.2 Å². The van der Waals surface area contributed by atoms with Crippen LogP contribution in [-0.2, 0) is 0 Å². The Morgan fingerprint density at radius 2 is 1.90 bits per heavy atom. The van der Waals surface area contributed by atoms with Crippen LogP contribution in [0.4, 0.5) is 4.39 Å². The molecular formula is C16H16ClFO2. The van der Waals surface area contributed by atoms with Crippen molar-refractivity contribution < 1.29 is 14.2 Å². The van der Waals surface area contributed by atoms with Crippen molar-refractivity contribution in [2.24, 2.45) is 0 Å². The molecule has 1 unspecified atom stereocenters. The highest BCUT2D eigenvalue weighted by molar-refractivity contribution is 6.31. The van der Waals surface area contributed by atoms with Gasteiger partial charge in [0.25, 0.3) is 0 Å². The molecule has 0 heterocycles. The first-order valence-corrected chi connectivity index (χ1v) is 6.86. The van der Waals surface area contributed by atoms with Crippen LogP contribution in [-0.4, -0.2) is 11.7 Å². The van der Waals surface area contributed by atoms with Crippen molar-refractivity contribution in [1.82, 2.24) is 0 Å². The molecule has 2 aromatic rings. The molecule has 1 atom stereocenters. The van der Waals surface area contributed by atoms with E-state index < -0.39 is 11.9 Å². The van der Waals surface area contributed by atoms with Gasteiger partial charge < -0.3 is 9.84 Å². The average molecular weight is 295 g/mol. The fourth-order valence-electron chi connectivity index (χ4n) is 1.88. The maximum atomic E-state index is 13.4. The maximum Gasteiger partial charge on any atom is 0.142 e. The van der Waals surface area contributed by atoms with Crippen molar-refractivity contribution in [3.63, 3.8) is 0 Å². The second kappa shape index (κ2) is 6.73. The highest BCUT2D eigenvalue weighted by Crippen LogP contribution is 2.30. The van der Waals surface area contributed by atoms with E-state index in [1.165, 1.54) is 12.1 Å². The second-order valence-corrected chi connectivity index (χ2v) is 4.84. The first-order chi connectivity index (χ1) is 9.63. The summed E-state index contributed by atoms with van der Waals surface area (Å²) in [4.78, 5) is 0. The highest BCUT2D eigenvalue weighted by atomic mass is 35.5. The highest BCUT2D eigenvalue weighted by Gasteiger charge is 2.16. The van der Waals surface area contributed by atoms with Crippen LogP contribution in [0, 0.1) is 5.82 Å². The van der Waals surface area contributed by atoms with Gasteiger partial charge in [-0.2, -0.15) is 0 Å². The Hall–Kier alpha value is -1.58. The molecule has 20 heavy (non-hydrogen) atoms. The molecular weight excluding hydrogens is 279 g/mol. The number of rotatable bonds is 5. The molecule has 0 fully saturated rings. The zero-order chi connectivity index (χ0) is 14.5. The minimum absolute atomic E-state index is 0.0497. The van der Waals surface area contributed by atoms with Crippen molar-refractivity contribution in [2.75, 3.05) is 6.61 Å². The van der Waals surface area contributed by atoms with Gasteiger partial charge in [0.05, 0.1) is 11.6 Å². The number of aliphatic hydroxyl groups is 1. The quantitative estimate of drug-likeness (QED) is 0.888. The SMILES string of the molecule is CCCOc1ccc(C(O)c2cccc(F)c2Cl)cc1. The standard InChI is InChI=1S/C16H16ClFO2/c1-2-10-20-12-8-6-11(7-9-12)16(19)13-4-3-5-14(18)15(13)17/h3-9,16,19H,2,10H2,1H3. The van der Waals surface area contributed by atoms with Gasteiger partial charge in [0.2, 0.25) is 0 Å². The van der Waals surface area contributed by atoms with Crippen LogP contribution in [0.25, 0.3) is 0 Å². The summed E-state index contributed by atoms with van der Waals surface area (Å²) in [7, 11) is 0. The Kier molecular flexibility index (Phi) is 4.99. The summed E-state index contributed by atoms with van der Waals surface area (Å²) in [6.45, 7) is 2.68. The van der Waals surface area contributed by atoms with Gasteiger partial charge in [0.15, 0.2) is 0 Å². The summed E-state index contributed by atoms with van der Waals surface area (Å²) in [5.41, 5.74) is 0.996. The van der Waals surface area contributed by atoms with Crippen LogP contribution in [0.15, 0.2) is 42.5 Å². The molecule has 2 rings (SSSR count). The van der Waals surface area contributed by atoms with E-state index >= 15 is 0 Å². The van der Waals surface area contributed by atoms with Gasteiger partial charge in [-0.1, -0.05) is 42.8 Å². The summed E-state index contributed by atoms with van der Waals surface area (Å²) in [5.74, 6) is 0.208. The van der Waals surface area contributed by atoms with E-state index in [1.807, 2.05) is 6.92 Å². The second-order valence-electron chi connectivity index (χ2n) is 4.46. The first-order valence-electron chi connectivity index (χ1n) is 6.48. The predicted octanol–water partition coefficient (Wildman–Crippen LogP) is 4.35. The van der Waals surface area contributed by atoms with E-state index in [2.05, 4.69) is 0 Å². The molecule has 0 bridgehead atoms. The first kappa shape index (κ1) is 14.8. The number of ether oxygens (including phenoxy) is 1. The summed E-state index contributed by atoms with van der Waals surface area (Å²) >= 11 is 5.88. The molecule has 2 nitrogen and oxygen atoms in total. The largest absolute Gasteiger partial charge is 0.494 e. The number of aliphatic hydroxyl groups excluding tert-OH is 1. The van der Waals surface area contributed by atoms with Gasteiger partial charge in [-0.3, -0.25) is 0 Å². The zero-order valence-corrected chi connectivity index (χ0v) is 11.9. The third-order valence-electron chi connectivity index (χ3n) is 2.94. The van der Waals surface area contributed by atoms with Gasteiger partial charge in [-0.15, -0.1) is 0 Å². The Morgan fingerprint density at radius 1 is 1.20 bits per heavy atom. The van der Waals surface area contributed by atoms with Crippen LogP contribution >= 0.6 is 11.6 Å². The lowest BCUT2D eigenvalue weighted by molar-refractivity contribution is 0.219. The number of benzene rings is 2. The lowest BCUT2D eigenvalue weighted by Crippen LogP contribution is -2.02.